The molecular weight excluding hydrogens is 360 g/mol. The molecule has 1 aliphatic heterocycles. The minimum Gasteiger partial charge on any atom is -0.322 e. The van der Waals surface area contributed by atoms with E-state index in [1.54, 1.807) is 6.08 Å². The zero-order valence-electron chi connectivity index (χ0n) is 16.0. The number of anilines is 2. The Balaban J connectivity index is 1.53. The fraction of sp³-hybridized carbons (Fsp3) is 0.120. The van der Waals surface area contributed by atoms with Crippen LogP contribution in [-0.4, -0.2) is 18.4 Å². The minimum absolute atomic E-state index is 0.0148. The van der Waals surface area contributed by atoms with Crippen LogP contribution in [0.25, 0.3) is 6.08 Å². The summed E-state index contributed by atoms with van der Waals surface area (Å²) in [6, 6.07) is 24.8. The highest BCUT2D eigenvalue weighted by Crippen LogP contribution is 2.31. The Morgan fingerprint density at radius 3 is 2.38 bits per heavy atom. The van der Waals surface area contributed by atoms with Gasteiger partial charge in [-0.2, -0.15) is 0 Å². The van der Waals surface area contributed by atoms with Crippen LogP contribution < -0.4 is 10.2 Å². The predicted octanol–water partition coefficient (Wildman–Crippen LogP) is 4.93. The summed E-state index contributed by atoms with van der Waals surface area (Å²) in [7, 11) is 0. The van der Waals surface area contributed by atoms with Crippen molar-refractivity contribution in [1.29, 1.82) is 0 Å². The van der Waals surface area contributed by atoms with Gasteiger partial charge in [0.2, 0.25) is 5.91 Å². The van der Waals surface area contributed by atoms with E-state index in [-0.39, 0.29) is 11.8 Å². The van der Waals surface area contributed by atoms with Crippen molar-refractivity contribution in [3.63, 3.8) is 0 Å². The molecule has 0 aliphatic carbocycles. The van der Waals surface area contributed by atoms with Crippen molar-refractivity contribution < 1.29 is 9.59 Å². The number of fused-ring (bicyclic) bond motifs is 1. The largest absolute Gasteiger partial charge is 0.322 e. The van der Waals surface area contributed by atoms with Gasteiger partial charge < -0.3 is 10.2 Å². The number of aryl methyl sites for hydroxylation is 1. The van der Waals surface area contributed by atoms with Crippen molar-refractivity contribution in [3.8, 4) is 0 Å². The van der Waals surface area contributed by atoms with Crippen LogP contribution in [0.3, 0.4) is 0 Å². The van der Waals surface area contributed by atoms with Gasteiger partial charge in [-0.1, -0.05) is 54.6 Å². The molecule has 3 aromatic carbocycles. The molecule has 4 nitrogen and oxygen atoms in total. The molecule has 3 aromatic rings. The maximum Gasteiger partial charge on any atom is 0.258 e. The maximum atomic E-state index is 13.0. The second kappa shape index (κ2) is 8.57. The maximum absolute atomic E-state index is 13.0. The van der Waals surface area contributed by atoms with Crippen molar-refractivity contribution in [2.24, 2.45) is 0 Å². The molecule has 1 N–H and O–H groups in total. The van der Waals surface area contributed by atoms with E-state index in [4.69, 9.17) is 0 Å². The normalized spacial score (nSPS) is 13.2. The number of amides is 2. The van der Waals surface area contributed by atoms with Crippen LogP contribution in [0.4, 0.5) is 11.4 Å². The minimum atomic E-state index is -0.203. The van der Waals surface area contributed by atoms with E-state index in [0.717, 1.165) is 29.7 Å². The molecule has 29 heavy (non-hydrogen) atoms. The molecule has 4 rings (SSSR count). The van der Waals surface area contributed by atoms with Gasteiger partial charge in [-0.05, 0) is 54.3 Å². The lowest BCUT2D eigenvalue weighted by Crippen LogP contribution is -2.35. The molecule has 0 unspecified atom stereocenters. The zero-order chi connectivity index (χ0) is 20.1. The molecule has 0 radical (unpaired) electrons. The molecule has 2 amide bonds. The third kappa shape index (κ3) is 4.43. The summed E-state index contributed by atoms with van der Waals surface area (Å²) in [5.41, 5.74) is 4.31. The highest BCUT2D eigenvalue weighted by atomic mass is 16.2. The van der Waals surface area contributed by atoms with Crippen LogP contribution in [0.1, 0.15) is 27.9 Å². The Labute approximate surface area is 170 Å². The quantitative estimate of drug-likeness (QED) is 0.651. The Kier molecular flexibility index (Phi) is 5.52. The van der Waals surface area contributed by atoms with Gasteiger partial charge in [0.15, 0.2) is 0 Å². The average molecular weight is 382 g/mol. The lowest BCUT2D eigenvalue weighted by Gasteiger charge is -2.30. The molecule has 144 valence electrons. The van der Waals surface area contributed by atoms with E-state index in [2.05, 4.69) is 5.32 Å². The number of nitrogens with zero attached hydrogens (tertiary/aromatic N) is 1. The molecule has 0 atom stereocenters. The number of hydrogen-bond acceptors (Lipinski definition) is 2. The molecule has 0 fully saturated rings. The second-order valence-electron chi connectivity index (χ2n) is 7.00. The first kappa shape index (κ1) is 18.7. The number of benzene rings is 3. The Bertz CT molecular complexity index is 1040. The van der Waals surface area contributed by atoms with Crippen molar-refractivity contribution in [1.82, 2.24) is 0 Å². The van der Waals surface area contributed by atoms with Gasteiger partial charge in [0.05, 0.1) is 0 Å². The summed E-state index contributed by atoms with van der Waals surface area (Å²) >= 11 is 0. The molecule has 1 heterocycles. The van der Waals surface area contributed by atoms with Gasteiger partial charge in [0, 0.05) is 29.6 Å². The van der Waals surface area contributed by atoms with E-state index in [0.29, 0.717) is 17.8 Å². The van der Waals surface area contributed by atoms with E-state index in [9.17, 15) is 9.59 Å². The van der Waals surface area contributed by atoms with Crippen molar-refractivity contribution in [2.45, 2.75) is 12.8 Å². The van der Waals surface area contributed by atoms with Gasteiger partial charge in [0.1, 0.15) is 0 Å². The summed E-state index contributed by atoms with van der Waals surface area (Å²) in [6.07, 6.45) is 5.15. The highest BCUT2D eigenvalue weighted by molar-refractivity contribution is 6.07. The monoisotopic (exact) mass is 382 g/mol. The standard InChI is InChI=1S/C25H22N2O2/c28-24(16-13-19-8-3-1-4-9-19)26-22-15-14-20-12-7-17-27(23(20)18-22)25(29)21-10-5-2-6-11-21/h1-6,8-11,13-16,18H,7,12,17H2,(H,26,28)/b16-13+. The molecule has 0 saturated carbocycles. The third-order valence-electron chi connectivity index (χ3n) is 4.96. The zero-order valence-corrected chi connectivity index (χ0v) is 16.0. The van der Waals surface area contributed by atoms with E-state index < -0.39 is 0 Å². The smallest absolute Gasteiger partial charge is 0.258 e. The average Bonchev–Trinajstić information content (AvgIpc) is 2.78. The predicted molar refractivity (Wildman–Crippen MR) is 117 cm³/mol. The number of hydrogen-bond donors (Lipinski definition) is 1. The molecule has 4 heteroatoms. The summed E-state index contributed by atoms with van der Waals surface area (Å²) < 4.78 is 0. The van der Waals surface area contributed by atoms with E-state index >= 15 is 0 Å². The van der Waals surface area contributed by atoms with Gasteiger partial charge in [-0.25, -0.2) is 0 Å². The first-order valence-electron chi connectivity index (χ1n) is 9.75. The molecule has 0 saturated heterocycles. The Morgan fingerprint density at radius 2 is 1.62 bits per heavy atom. The topological polar surface area (TPSA) is 49.4 Å². The van der Waals surface area contributed by atoms with E-state index in [1.807, 2.05) is 83.8 Å². The fourth-order valence-corrected chi connectivity index (χ4v) is 3.52. The SMILES string of the molecule is O=C(/C=C/c1ccccc1)Nc1ccc2c(c1)N(C(=O)c1ccccc1)CCC2. The number of nitrogens with one attached hydrogen (secondary N) is 1. The lowest BCUT2D eigenvalue weighted by atomic mass is 10.00. The van der Waals surface area contributed by atoms with Gasteiger partial charge in [0.25, 0.3) is 5.91 Å². The molecule has 0 aromatic heterocycles. The highest BCUT2D eigenvalue weighted by Gasteiger charge is 2.24. The second-order valence-corrected chi connectivity index (χ2v) is 7.00. The van der Waals surface area contributed by atoms with Crippen molar-refractivity contribution >= 4 is 29.3 Å². The summed E-state index contributed by atoms with van der Waals surface area (Å²) in [6.45, 7) is 0.673. The molecule has 0 bridgehead atoms. The van der Waals surface area contributed by atoms with Crippen molar-refractivity contribution in [2.75, 3.05) is 16.8 Å². The summed E-state index contributed by atoms with van der Waals surface area (Å²) in [5.74, 6) is -0.218. The van der Waals surface area contributed by atoms with Crippen molar-refractivity contribution in [3.05, 3.63) is 102 Å². The number of carbonyl (C=O) groups is 2. The first-order valence-corrected chi connectivity index (χ1v) is 9.75. The van der Waals surface area contributed by atoms with Crippen LogP contribution in [0.2, 0.25) is 0 Å². The van der Waals surface area contributed by atoms with Gasteiger partial charge in [-0.15, -0.1) is 0 Å². The fourth-order valence-electron chi connectivity index (χ4n) is 3.52. The Morgan fingerprint density at radius 1 is 0.897 bits per heavy atom. The molecular formula is C25H22N2O2. The summed E-state index contributed by atoms with van der Waals surface area (Å²) in [4.78, 5) is 27.1. The van der Waals surface area contributed by atoms with Gasteiger partial charge in [-0.3, -0.25) is 9.59 Å². The van der Waals surface area contributed by atoms with Crippen LogP contribution >= 0.6 is 0 Å². The molecule has 0 spiro atoms. The summed E-state index contributed by atoms with van der Waals surface area (Å²) in [5, 5.41) is 2.90. The van der Waals surface area contributed by atoms with E-state index in [1.165, 1.54) is 6.08 Å². The molecule has 1 aliphatic rings. The first-order chi connectivity index (χ1) is 14.2. The van der Waals surface area contributed by atoms with Gasteiger partial charge >= 0.3 is 0 Å². The van der Waals surface area contributed by atoms with Crippen LogP contribution in [0, 0.1) is 0 Å². The number of carbonyl (C=O) groups excluding carboxylic acids is 2. The lowest BCUT2D eigenvalue weighted by molar-refractivity contribution is -0.111. The van der Waals surface area contributed by atoms with Crippen LogP contribution in [0.15, 0.2) is 84.9 Å². The third-order valence-corrected chi connectivity index (χ3v) is 4.96. The Hall–Kier alpha value is -3.66. The number of rotatable bonds is 4. The van der Waals surface area contributed by atoms with Crippen LogP contribution in [-0.2, 0) is 11.2 Å². The van der Waals surface area contributed by atoms with Crippen LogP contribution in [0.5, 0.6) is 0 Å².